The third kappa shape index (κ3) is 3.41. The highest BCUT2D eigenvalue weighted by atomic mass is 32.1. The monoisotopic (exact) mass is 357 g/mol. The summed E-state index contributed by atoms with van der Waals surface area (Å²) in [6.07, 6.45) is 1.60. The fourth-order valence-corrected chi connectivity index (χ4v) is 3.60. The zero-order valence-electron chi connectivity index (χ0n) is 14.3. The van der Waals surface area contributed by atoms with Crippen LogP contribution in [-0.2, 0) is 11.3 Å². The van der Waals surface area contributed by atoms with Crippen molar-refractivity contribution in [3.63, 3.8) is 0 Å². The average molecular weight is 357 g/mol. The Morgan fingerprint density at radius 1 is 1.32 bits per heavy atom. The van der Waals surface area contributed by atoms with Gasteiger partial charge in [-0.1, -0.05) is 6.07 Å². The fraction of sp³-hybridized carbons (Fsp3) is 0.278. The lowest BCUT2D eigenvalue weighted by atomic mass is 10.2. The molecule has 0 aliphatic heterocycles. The van der Waals surface area contributed by atoms with E-state index in [4.69, 9.17) is 0 Å². The molecule has 130 valence electrons. The molecule has 2 heterocycles. The number of carbonyl (C=O) groups excluding carboxylic acids is 1. The van der Waals surface area contributed by atoms with Crippen LogP contribution in [0.5, 0.6) is 5.75 Å². The van der Waals surface area contributed by atoms with E-state index in [0.717, 1.165) is 20.8 Å². The number of hydrogen-bond acceptors (Lipinski definition) is 5. The molecule has 2 N–H and O–H groups in total. The van der Waals surface area contributed by atoms with Gasteiger partial charge >= 0.3 is 0 Å². The van der Waals surface area contributed by atoms with Gasteiger partial charge < -0.3 is 10.4 Å². The van der Waals surface area contributed by atoms with Crippen LogP contribution in [0.2, 0.25) is 0 Å². The molecule has 6 nitrogen and oxygen atoms in total. The van der Waals surface area contributed by atoms with Gasteiger partial charge in [0.1, 0.15) is 10.6 Å². The summed E-state index contributed by atoms with van der Waals surface area (Å²) in [6, 6.07) is 5.04. The third-order valence-electron chi connectivity index (χ3n) is 4.16. The topological polar surface area (TPSA) is 84.2 Å². The smallest absolute Gasteiger partial charge is 0.262 e. The molecule has 0 aliphatic rings. The largest absolute Gasteiger partial charge is 0.506 e. The summed E-state index contributed by atoms with van der Waals surface area (Å²) < 4.78 is 1.45. The van der Waals surface area contributed by atoms with Gasteiger partial charge in [0, 0.05) is 17.8 Å². The standard InChI is InChI=1S/C18H19N3O3S/c1-10-4-5-13(14(22)8-10)20-15(23)6-7-21-9-19-17-16(18(21)24)11(2)12(3)25-17/h4-5,8-9,22H,6-7H2,1-3H3,(H,20,23). The van der Waals surface area contributed by atoms with E-state index in [1.165, 1.54) is 22.2 Å². The number of anilines is 1. The van der Waals surface area contributed by atoms with E-state index < -0.39 is 0 Å². The highest BCUT2D eigenvalue weighted by Gasteiger charge is 2.13. The Morgan fingerprint density at radius 3 is 2.80 bits per heavy atom. The molecule has 0 bridgehead atoms. The summed E-state index contributed by atoms with van der Waals surface area (Å²) in [5, 5.41) is 13.1. The van der Waals surface area contributed by atoms with E-state index in [1.807, 2.05) is 20.8 Å². The van der Waals surface area contributed by atoms with Crippen molar-refractivity contribution in [1.29, 1.82) is 0 Å². The van der Waals surface area contributed by atoms with Gasteiger partial charge in [0.2, 0.25) is 5.91 Å². The highest BCUT2D eigenvalue weighted by molar-refractivity contribution is 7.18. The Bertz CT molecular complexity index is 1020. The van der Waals surface area contributed by atoms with Gasteiger partial charge in [0.05, 0.1) is 17.4 Å². The minimum Gasteiger partial charge on any atom is -0.506 e. The molecule has 0 unspecified atom stereocenters. The molecule has 0 saturated heterocycles. The van der Waals surface area contributed by atoms with Gasteiger partial charge in [-0.25, -0.2) is 4.98 Å². The molecule has 25 heavy (non-hydrogen) atoms. The van der Waals surface area contributed by atoms with Gasteiger partial charge in [0.15, 0.2) is 0 Å². The number of nitrogens with one attached hydrogen (secondary N) is 1. The Labute approximate surface area is 148 Å². The van der Waals surface area contributed by atoms with Crippen molar-refractivity contribution in [3.8, 4) is 5.75 Å². The maximum Gasteiger partial charge on any atom is 0.262 e. The number of fused-ring (bicyclic) bond motifs is 1. The number of nitrogens with zero attached hydrogens (tertiary/aromatic N) is 2. The number of aromatic nitrogens is 2. The van der Waals surface area contributed by atoms with E-state index in [2.05, 4.69) is 10.3 Å². The van der Waals surface area contributed by atoms with Crippen LogP contribution in [0.15, 0.2) is 29.3 Å². The number of amides is 1. The van der Waals surface area contributed by atoms with Crippen LogP contribution in [0.25, 0.3) is 10.2 Å². The molecule has 0 atom stereocenters. The molecule has 3 rings (SSSR count). The molecule has 1 aromatic carbocycles. The first kappa shape index (κ1) is 17.2. The van der Waals surface area contributed by atoms with E-state index in [0.29, 0.717) is 11.1 Å². The van der Waals surface area contributed by atoms with Crippen molar-refractivity contribution >= 4 is 33.1 Å². The van der Waals surface area contributed by atoms with E-state index in [1.54, 1.807) is 18.2 Å². The fourth-order valence-electron chi connectivity index (χ4n) is 2.61. The molecule has 3 aromatic rings. The summed E-state index contributed by atoms with van der Waals surface area (Å²) in [4.78, 5) is 30.8. The third-order valence-corrected chi connectivity index (χ3v) is 5.28. The Kier molecular flexibility index (Phi) is 4.59. The van der Waals surface area contributed by atoms with Crippen LogP contribution in [0.4, 0.5) is 5.69 Å². The molecule has 0 saturated carbocycles. The maximum atomic E-state index is 12.6. The van der Waals surface area contributed by atoms with Gasteiger partial charge in [-0.2, -0.15) is 0 Å². The minimum absolute atomic E-state index is 0.0259. The molecule has 7 heteroatoms. The highest BCUT2D eigenvalue weighted by Crippen LogP contribution is 2.26. The van der Waals surface area contributed by atoms with E-state index in [9.17, 15) is 14.7 Å². The number of aromatic hydroxyl groups is 1. The molecule has 1 amide bonds. The van der Waals surface area contributed by atoms with Gasteiger partial charge in [-0.05, 0) is 44.0 Å². The second-order valence-corrected chi connectivity index (χ2v) is 7.23. The molecule has 0 aliphatic carbocycles. The molecule has 0 radical (unpaired) electrons. The predicted molar refractivity (Wildman–Crippen MR) is 99.4 cm³/mol. The van der Waals surface area contributed by atoms with Crippen LogP contribution in [0.3, 0.4) is 0 Å². The second-order valence-electron chi connectivity index (χ2n) is 6.03. The normalized spacial score (nSPS) is 11.0. The predicted octanol–water partition coefficient (Wildman–Crippen LogP) is 3.12. The van der Waals surface area contributed by atoms with Crippen molar-refractivity contribution in [1.82, 2.24) is 9.55 Å². The number of phenols is 1. The van der Waals surface area contributed by atoms with Crippen LogP contribution >= 0.6 is 11.3 Å². The summed E-state index contributed by atoms with van der Waals surface area (Å²) in [5.41, 5.74) is 2.09. The maximum absolute atomic E-state index is 12.6. The molecular weight excluding hydrogens is 338 g/mol. The van der Waals surface area contributed by atoms with Crippen molar-refractivity contribution < 1.29 is 9.90 Å². The quantitative estimate of drug-likeness (QED) is 0.703. The zero-order chi connectivity index (χ0) is 18.1. The number of rotatable bonds is 4. The molecule has 2 aromatic heterocycles. The number of carbonyl (C=O) groups is 1. The van der Waals surface area contributed by atoms with Crippen molar-refractivity contribution in [2.45, 2.75) is 33.7 Å². The Morgan fingerprint density at radius 2 is 2.08 bits per heavy atom. The zero-order valence-corrected chi connectivity index (χ0v) is 15.1. The first-order chi connectivity index (χ1) is 11.9. The van der Waals surface area contributed by atoms with Gasteiger partial charge in [-0.15, -0.1) is 11.3 Å². The number of phenolic OH excluding ortho intramolecular Hbond substituents is 1. The number of hydrogen-bond donors (Lipinski definition) is 2. The van der Waals surface area contributed by atoms with Crippen LogP contribution in [0, 0.1) is 20.8 Å². The average Bonchev–Trinajstić information content (AvgIpc) is 2.85. The summed E-state index contributed by atoms with van der Waals surface area (Å²) >= 11 is 1.50. The van der Waals surface area contributed by atoms with Crippen LogP contribution < -0.4 is 10.9 Å². The number of aryl methyl sites for hydroxylation is 4. The van der Waals surface area contributed by atoms with Crippen molar-refractivity contribution in [3.05, 3.63) is 50.9 Å². The van der Waals surface area contributed by atoms with Gasteiger partial charge in [-0.3, -0.25) is 14.2 Å². The van der Waals surface area contributed by atoms with E-state index in [-0.39, 0.29) is 30.2 Å². The molecule has 0 fully saturated rings. The first-order valence-corrected chi connectivity index (χ1v) is 8.73. The van der Waals surface area contributed by atoms with E-state index >= 15 is 0 Å². The van der Waals surface area contributed by atoms with Gasteiger partial charge in [0.25, 0.3) is 5.56 Å². The van der Waals surface area contributed by atoms with Crippen LogP contribution in [0.1, 0.15) is 22.4 Å². The Balaban J connectivity index is 1.74. The molecule has 0 spiro atoms. The lowest BCUT2D eigenvalue weighted by Gasteiger charge is -2.09. The van der Waals surface area contributed by atoms with Crippen molar-refractivity contribution in [2.75, 3.05) is 5.32 Å². The lowest BCUT2D eigenvalue weighted by Crippen LogP contribution is -2.23. The SMILES string of the molecule is Cc1ccc(NC(=O)CCn2cnc3sc(C)c(C)c3c2=O)c(O)c1. The first-order valence-electron chi connectivity index (χ1n) is 7.91. The summed E-state index contributed by atoms with van der Waals surface area (Å²) in [5.74, 6) is -0.248. The lowest BCUT2D eigenvalue weighted by molar-refractivity contribution is -0.116. The summed E-state index contributed by atoms with van der Waals surface area (Å²) in [6.45, 7) is 5.96. The van der Waals surface area contributed by atoms with Crippen molar-refractivity contribution in [2.24, 2.45) is 0 Å². The second kappa shape index (κ2) is 6.68. The summed E-state index contributed by atoms with van der Waals surface area (Å²) in [7, 11) is 0. The minimum atomic E-state index is -0.274. The Hall–Kier alpha value is -2.67. The number of thiophene rings is 1. The number of benzene rings is 1. The van der Waals surface area contributed by atoms with Crippen LogP contribution in [-0.4, -0.2) is 20.6 Å². The molecular formula is C18H19N3O3S.